The van der Waals surface area contributed by atoms with E-state index in [0.29, 0.717) is 18.8 Å². The molecule has 0 aliphatic rings. The van der Waals surface area contributed by atoms with Crippen molar-refractivity contribution in [1.82, 2.24) is 9.62 Å². The van der Waals surface area contributed by atoms with Crippen LogP contribution in [0.5, 0.6) is 0 Å². The molecule has 0 aliphatic carbocycles. The average Bonchev–Trinajstić information content (AvgIpc) is 2.69. The van der Waals surface area contributed by atoms with Crippen LogP contribution in [0.3, 0.4) is 0 Å². The number of para-hydroxylation sites is 1. The van der Waals surface area contributed by atoms with E-state index in [1.54, 1.807) is 42.5 Å². The zero-order valence-corrected chi connectivity index (χ0v) is 16.5. The number of benzene rings is 2. The fraction of sp³-hybridized carbons (Fsp3) is 0.263. The van der Waals surface area contributed by atoms with Gasteiger partial charge in [-0.2, -0.15) is 4.31 Å². The Labute approximate surface area is 164 Å². The van der Waals surface area contributed by atoms with Gasteiger partial charge in [0.25, 0.3) is 5.91 Å². The fourth-order valence-electron chi connectivity index (χ4n) is 2.40. The van der Waals surface area contributed by atoms with E-state index >= 15 is 0 Å². The summed E-state index contributed by atoms with van der Waals surface area (Å²) in [5.74, 6) is -0.919. The zero-order valence-electron chi connectivity index (χ0n) is 15.7. The highest BCUT2D eigenvalue weighted by Gasteiger charge is 2.23. The van der Waals surface area contributed by atoms with Gasteiger partial charge in [0.05, 0.1) is 29.3 Å². The molecule has 0 saturated carbocycles. The Morgan fingerprint density at radius 1 is 1.04 bits per heavy atom. The van der Waals surface area contributed by atoms with Crippen molar-refractivity contribution in [2.24, 2.45) is 0 Å². The van der Waals surface area contributed by atoms with Crippen molar-refractivity contribution in [3.63, 3.8) is 0 Å². The standard InChI is InChI=1S/C19H23N3O5S/c1-22(28(25,26)15-8-4-3-5-9-15)14-18(23)21-17-11-7-6-10-16(17)19(24)20-12-13-27-2/h3-11H,12-14H2,1-2H3,(H,20,24)(H,21,23). The lowest BCUT2D eigenvalue weighted by Gasteiger charge is -2.17. The molecule has 0 unspecified atom stereocenters. The number of amides is 2. The number of sulfonamides is 1. The molecule has 0 aromatic heterocycles. The highest BCUT2D eigenvalue weighted by molar-refractivity contribution is 7.89. The molecule has 2 amide bonds. The molecule has 0 heterocycles. The van der Waals surface area contributed by atoms with Gasteiger partial charge in [0, 0.05) is 20.7 Å². The quantitative estimate of drug-likeness (QED) is 0.612. The average molecular weight is 405 g/mol. The first kappa shape index (κ1) is 21.5. The minimum atomic E-state index is -3.79. The van der Waals surface area contributed by atoms with E-state index < -0.39 is 22.5 Å². The Morgan fingerprint density at radius 2 is 1.68 bits per heavy atom. The Bertz CT molecular complexity index is 916. The molecule has 9 heteroatoms. The van der Waals surface area contributed by atoms with Crippen LogP contribution >= 0.6 is 0 Å². The minimum Gasteiger partial charge on any atom is -0.383 e. The highest BCUT2D eigenvalue weighted by Crippen LogP contribution is 2.16. The van der Waals surface area contributed by atoms with E-state index in [0.717, 1.165) is 4.31 Å². The van der Waals surface area contributed by atoms with Crippen LogP contribution in [0.2, 0.25) is 0 Å². The van der Waals surface area contributed by atoms with Gasteiger partial charge in [-0.25, -0.2) is 8.42 Å². The summed E-state index contributed by atoms with van der Waals surface area (Å²) >= 11 is 0. The molecule has 0 spiro atoms. The van der Waals surface area contributed by atoms with Crippen molar-refractivity contribution in [1.29, 1.82) is 0 Å². The maximum atomic E-state index is 12.5. The Morgan fingerprint density at radius 3 is 2.36 bits per heavy atom. The van der Waals surface area contributed by atoms with Crippen LogP contribution in [0.1, 0.15) is 10.4 Å². The number of nitrogens with one attached hydrogen (secondary N) is 2. The first-order valence-corrected chi connectivity index (χ1v) is 9.97. The van der Waals surface area contributed by atoms with Crippen molar-refractivity contribution in [2.45, 2.75) is 4.90 Å². The zero-order chi connectivity index (χ0) is 20.6. The molecule has 2 aromatic rings. The number of ether oxygens (including phenoxy) is 1. The third-order valence-corrected chi connectivity index (χ3v) is 5.67. The molecular formula is C19H23N3O5S. The monoisotopic (exact) mass is 405 g/mol. The summed E-state index contributed by atoms with van der Waals surface area (Å²) in [5.41, 5.74) is 0.577. The van der Waals surface area contributed by atoms with Gasteiger partial charge in [-0.15, -0.1) is 0 Å². The van der Waals surface area contributed by atoms with Crippen molar-refractivity contribution < 1.29 is 22.7 Å². The second kappa shape index (κ2) is 9.98. The van der Waals surface area contributed by atoms with Gasteiger partial charge < -0.3 is 15.4 Å². The molecule has 28 heavy (non-hydrogen) atoms. The lowest BCUT2D eigenvalue weighted by Crippen LogP contribution is -2.35. The lowest BCUT2D eigenvalue weighted by atomic mass is 10.1. The second-order valence-corrected chi connectivity index (χ2v) is 7.96. The summed E-state index contributed by atoms with van der Waals surface area (Å²) < 4.78 is 30.9. The molecule has 8 nitrogen and oxygen atoms in total. The lowest BCUT2D eigenvalue weighted by molar-refractivity contribution is -0.116. The molecule has 2 rings (SSSR count). The van der Waals surface area contributed by atoms with Crippen molar-refractivity contribution >= 4 is 27.5 Å². The van der Waals surface area contributed by atoms with Crippen LogP contribution in [0.25, 0.3) is 0 Å². The van der Waals surface area contributed by atoms with Crippen LogP contribution in [0.15, 0.2) is 59.5 Å². The van der Waals surface area contributed by atoms with Gasteiger partial charge in [0.1, 0.15) is 0 Å². The number of anilines is 1. The summed E-state index contributed by atoms with van der Waals surface area (Å²) in [4.78, 5) is 24.7. The molecule has 0 bridgehead atoms. The molecule has 0 radical (unpaired) electrons. The third-order valence-electron chi connectivity index (χ3n) is 3.86. The smallest absolute Gasteiger partial charge is 0.253 e. The van der Waals surface area contributed by atoms with E-state index in [9.17, 15) is 18.0 Å². The van der Waals surface area contributed by atoms with Gasteiger partial charge >= 0.3 is 0 Å². The SMILES string of the molecule is COCCNC(=O)c1ccccc1NC(=O)CN(C)S(=O)(=O)c1ccccc1. The molecule has 150 valence electrons. The van der Waals surface area contributed by atoms with E-state index in [4.69, 9.17) is 4.74 Å². The molecule has 2 aromatic carbocycles. The van der Waals surface area contributed by atoms with Crippen LogP contribution < -0.4 is 10.6 Å². The van der Waals surface area contributed by atoms with Crippen molar-refractivity contribution in [2.75, 3.05) is 39.2 Å². The number of methoxy groups -OCH3 is 1. The molecule has 0 fully saturated rings. The van der Waals surface area contributed by atoms with Gasteiger partial charge in [0.15, 0.2) is 0 Å². The van der Waals surface area contributed by atoms with E-state index in [2.05, 4.69) is 10.6 Å². The predicted octanol–water partition coefficient (Wildman–Crippen LogP) is 1.32. The predicted molar refractivity (Wildman–Crippen MR) is 106 cm³/mol. The third kappa shape index (κ3) is 5.62. The Balaban J connectivity index is 2.06. The normalized spacial score (nSPS) is 11.2. The molecule has 2 N–H and O–H groups in total. The Hall–Kier alpha value is -2.75. The van der Waals surface area contributed by atoms with Crippen molar-refractivity contribution in [3.05, 3.63) is 60.2 Å². The highest BCUT2D eigenvalue weighted by atomic mass is 32.2. The molecular weight excluding hydrogens is 382 g/mol. The van der Waals surface area contributed by atoms with Gasteiger partial charge in [-0.3, -0.25) is 9.59 Å². The molecule has 0 aliphatic heterocycles. The summed E-state index contributed by atoms with van der Waals surface area (Å²) in [6.07, 6.45) is 0. The number of hydrogen-bond donors (Lipinski definition) is 2. The second-order valence-electron chi connectivity index (χ2n) is 5.92. The van der Waals surface area contributed by atoms with Gasteiger partial charge in [0.2, 0.25) is 15.9 Å². The fourth-order valence-corrected chi connectivity index (χ4v) is 3.55. The van der Waals surface area contributed by atoms with E-state index in [1.807, 2.05) is 0 Å². The largest absolute Gasteiger partial charge is 0.383 e. The topological polar surface area (TPSA) is 105 Å². The summed E-state index contributed by atoms with van der Waals surface area (Å²) in [7, 11) is -0.936. The van der Waals surface area contributed by atoms with Gasteiger partial charge in [-0.1, -0.05) is 30.3 Å². The number of nitrogens with zero attached hydrogens (tertiary/aromatic N) is 1. The van der Waals surface area contributed by atoms with E-state index in [1.165, 1.54) is 26.3 Å². The van der Waals surface area contributed by atoms with Crippen molar-refractivity contribution in [3.8, 4) is 0 Å². The summed E-state index contributed by atoms with van der Waals surface area (Å²) in [5, 5.41) is 5.28. The van der Waals surface area contributed by atoms with Gasteiger partial charge in [-0.05, 0) is 24.3 Å². The van der Waals surface area contributed by atoms with Crippen LogP contribution in [-0.2, 0) is 19.6 Å². The number of carbonyl (C=O) groups is 2. The number of likely N-dealkylation sites (N-methyl/N-ethyl adjacent to an activating group) is 1. The molecule has 0 saturated heterocycles. The minimum absolute atomic E-state index is 0.100. The summed E-state index contributed by atoms with van der Waals surface area (Å²) in [6, 6.07) is 14.3. The number of hydrogen-bond acceptors (Lipinski definition) is 5. The van der Waals surface area contributed by atoms with Crippen LogP contribution in [0, 0.1) is 0 Å². The van der Waals surface area contributed by atoms with E-state index in [-0.39, 0.29) is 16.4 Å². The van der Waals surface area contributed by atoms with Crippen LogP contribution in [0.4, 0.5) is 5.69 Å². The maximum absolute atomic E-state index is 12.5. The number of rotatable bonds is 9. The Kier molecular flexibility index (Phi) is 7.68. The van der Waals surface area contributed by atoms with Crippen LogP contribution in [-0.4, -0.2) is 58.4 Å². The summed E-state index contributed by atoms with van der Waals surface area (Å²) in [6.45, 7) is 0.301. The maximum Gasteiger partial charge on any atom is 0.253 e. The first-order chi connectivity index (χ1) is 13.4. The molecule has 0 atom stereocenters. The number of carbonyl (C=O) groups excluding carboxylic acids is 2. The first-order valence-electron chi connectivity index (χ1n) is 8.53.